The van der Waals surface area contributed by atoms with E-state index in [1.807, 2.05) is 30.3 Å². The van der Waals surface area contributed by atoms with Gasteiger partial charge in [-0.2, -0.15) is 0 Å². The fourth-order valence-corrected chi connectivity index (χ4v) is 3.82. The van der Waals surface area contributed by atoms with Crippen molar-refractivity contribution < 1.29 is 23.6 Å². The van der Waals surface area contributed by atoms with Gasteiger partial charge < -0.3 is 18.8 Å². The third-order valence-corrected chi connectivity index (χ3v) is 5.56. The summed E-state index contributed by atoms with van der Waals surface area (Å²) in [6.07, 6.45) is 1.45. The highest BCUT2D eigenvalue weighted by atomic mass is 16.5. The molecule has 1 N–H and O–H groups in total. The van der Waals surface area contributed by atoms with Crippen molar-refractivity contribution in [3.8, 4) is 28.1 Å². The zero-order valence-corrected chi connectivity index (χ0v) is 17.4. The number of phenols is 1. The number of hydrogen-bond acceptors (Lipinski definition) is 8. The molecule has 0 spiro atoms. The van der Waals surface area contributed by atoms with E-state index in [1.54, 1.807) is 31.2 Å². The summed E-state index contributed by atoms with van der Waals surface area (Å²) in [4.78, 5) is 11.8. The van der Waals surface area contributed by atoms with Gasteiger partial charge in [0.1, 0.15) is 23.3 Å². The molecule has 0 bridgehead atoms. The Morgan fingerprint density at radius 3 is 2.50 bits per heavy atom. The molecule has 0 amide bonds. The first-order valence-corrected chi connectivity index (χ1v) is 10.4. The van der Waals surface area contributed by atoms with Crippen molar-refractivity contribution >= 4 is 5.97 Å². The summed E-state index contributed by atoms with van der Waals surface area (Å²) in [5.74, 6) is 1.04. The van der Waals surface area contributed by atoms with Gasteiger partial charge in [-0.15, -0.1) is 10.2 Å². The second-order valence-corrected chi connectivity index (χ2v) is 7.71. The lowest BCUT2D eigenvalue weighted by atomic mass is 9.92. The van der Waals surface area contributed by atoms with E-state index in [9.17, 15) is 9.90 Å². The second-order valence-electron chi connectivity index (χ2n) is 7.71. The van der Waals surface area contributed by atoms with Gasteiger partial charge in [-0.3, -0.25) is 4.79 Å². The molecule has 0 radical (unpaired) electrons. The molecular formula is C24H21N3O5. The zero-order valence-electron chi connectivity index (χ0n) is 17.4. The zero-order chi connectivity index (χ0) is 22.1. The van der Waals surface area contributed by atoms with Gasteiger partial charge in [0.05, 0.1) is 12.2 Å². The first-order chi connectivity index (χ1) is 15.6. The van der Waals surface area contributed by atoms with E-state index < -0.39 is 11.4 Å². The van der Waals surface area contributed by atoms with Gasteiger partial charge in [0.15, 0.2) is 5.76 Å². The van der Waals surface area contributed by atoms with Gasteiger partial charge in [0.2, 0.25) is 11.8 Å². The molecule has 1 aliphatic carbocycles. The topological polar surface area (TPSA) is 111 Å². The van der Waals surface area contributed by atoms with Crippen LogP contribution in [0.4, 0.5) is 0 Å². The average molecular weight is 431 g/mol. The third kappa shape index (κ3) is 3.53. The highest BCUT2D eigenvalue weighted by Gasteiger charge is 2.56. The monoisotopic (exact) mass is 431 g/mol. The van der Waals surface area contributed by atoms with Crippen LogP contribution in [0.5, 0.6) is 5.75 Å². The molecule has 2 aromatic carbocycles. The lowest BCUT2D eigenvalue weighted by molar-refractivity contribution is -0.142. The molecule has 0 aliphatic heterocycles. The minimum absolute atomic E-state index is 0.0718. The summed E-state index contributed by atoms with van der Waals surface area (Å²) < 4.78 is 16.7. The summed E-state index contributed by atoms with van der Waals surface area (Å²) >= 11 is 0. The number of hydrogen-bond donors (Lipinski definition) is 1. The Balaban J connectivity index is 1.57. The van der Waals surface area contributed by atoms with Crippen molar-refractivity contribution in [3.05, 3.63) is 72.1 Å². The summed E-state index contributed by atoms with van der Waals surface area (Å²) in [6.45, 7) is 2.04. The molecule has 1 fully saturated rings. The van der Waals surface area contributed by atoms with Gasteiger partial charge in [-0.1, -0.05) is 35.5 Å². The molecule has 1 aliphatic rings. The van der Waals surface area contributed by atoms with Crippen molar-refractivity contribution in [1.82, 2.24) is 15.4 Å². The Morgan fingerprint density at radius 1 is 1.06 bits per heavy atom. The highest BCUT2D eigenvalue weighted by Crippen LogP contribution is 2.56. The predicted octanol–water partition coefficient (Wildman–Crippen LogP) is 4.28. The number of carbonyl (C=O) groups excluding carboxylic acids is 1. The summed E-state index contributed by atoms with van der Waals surface area (Å²) in [5, 5.41) is 22.3. The lowest BCUT2D eigenvalue weighted by Crippen LogP contribution is -2.10. The largest absolute Gasteiger partial charge is 0.508 e. The molecule has 2 heterocycles. The van der Waals surface area contributed by atoms with E-state index in [-0.39, 0.29) is 18.1 Å². The first kappa shape index (κ1) is 20.0. The highest BCUT2D eigenvalue weighted by molar-refractivity contribution is 5.83. The van der Waals surface area contributed by atoms with Gasteiger partial charge >= 0.3 is 5.97 Å². The molecule has 0 atom stereocenters. The summed E-state index contributed by atoms with van der Waals surface area (Å²) in [5.41, 5.74) is 2.70. The Hall–Kier alpha value is -3.94. The van der Waals surface area contributed by atoms with Crippen LogP contribution >= 0.6 is 0 Å². The standard InChI is InChI=1S/C24H21N3O5/c1-2-30-19(29)14-18-25-26-23(31-18)24(12-13-24)22-20(15-6-4-3-5-7-15)21(27-32-22)16-8-10-17(28)11-9-16/h3-11,28H,2,12-14H2,1H3. The van der Waals surface area contributed by atoms with Crippen molar-refractivity contribution in [1.29, 1.82) is 0 Å². The SMILES string of the molecule is CCOC(=O)Cc1nnc(C2(c3onc(-c4ccc(O)cc4)c3-c3ccccc3)CC2)o1. The number of benzene rings is 2. The molecule has 4 aromatic rings. The van der Waals surface area contributed by atoms with Gasteiger partial charge in [0.25, 0.3) is 0 Å². The molecule has 5 rings (SSSR count). The number of esters is 1. The molecule has 32 heavy (non-hydrogen) atoms. The average Bonchev–Trinajstić information content (AvgIpc) is 3.25. The van der Waals surface area contributed by atoms with Crippen LogP contribution in [0, 0.1) is 0 Å². The smallest absolute Gasteiger partial charge is 0.315 e. The summed E-state index contributed by atoms with van der Waals surface area (Å²) in [6, 6.07) is 16.7. The minimum atomic E-state index is -0.590. The van der Waals surface area contributed by atoms with Crippen LogP contribution in [0.15, 0.2) is 63.5 Å². The fourth-order valence-electron chi connectivity index (χ4n) is 3.82. The number of aromatic hydroxyl groups is 1. The Morgan fingerprint density at radius 2 is 1.81 bits per heavy atom. The first-order valence-electron chi connectivity index (χ1n) is 10.4. The van der Waals surface area contributed by atoms with Gasteiger partial charge in [-0.05, 0) is 49.6 Å². The molecular weight excluding hydrogens is 410 g/mol. The maximum atomic E-state index is 11.8. The van der Waals surface area contributed by atoms with Crippen molar-refractivity contribution in [2.45, 2.75) is 31.6 Å². The molecule has 0 saturated heterocycles. The van der Waals surface area contributed by atoms with Crippen LogP contribution in [0.3, 0.4) is 0 Å². The van der Waals surface area contributed by atoms with E-state index in [1.165, 1.54) is 0 Å². The molecule has 2 aromatic heterocycles. The molecule has 8 nitrogen and oxygen atoms in total. The second kappa shape index (κ2) is 7.96. The van der Waals surface area contributed by atoms with Crippen LogP contribution in [-0.2, 0) is 21.4 Å². The third-order valence-electron chi connectivity index (χ3n) is 5.56. The van der Waals surface area contributed by atoms with E-state index >= 15 is 0 Å². The minimum Gasteiger partial charge on any atom is -0.508 e. The number of ether oxygens (including phenoxy) is 1. The number of aromatic nitrogens is 3. The van der Waals surface area contributed by atoms with Crippen LogP contribution < -0.4 is 0 Å². The number of phenolic OH excluding ortho intramolecular Hbond substituents is 1. The van der Waals surface area contributed by atoms with E-state index in [0.717, 1.165) is 29.5 Å². The van der Waals surface area contributed by atoms with Crippen molar-refractivity contribution in [2.24, 2.45) is 0 Å². The van der Waals surface area contributed by atoms with Crippen LogP contribution in [0.25, 0.3) is 22.4 Å². The maximum Gasteiger partial charge on any atom is 0.315 e. The fraction of sp³-hybridized carbons (Fsp3) is 0.250. The van der Waals surface area contributed by atoms with Crippen LogP contribution in [0.1, 0.15) is 37.3 Å². The van der Waals surface area contributed by atoms with Gasteiger partial charge in [-0.25, -0.2) is 0 Å². The van der Waals surface area contributed by atoms with E-state index in [4.69, 9.17) is 13.7 Å². The lowest BCUT2D eigenvalue weighted by Gasteiger charge is -2.10. The van der Waals surface area contributed by atoms with Crippen LogP contribution in [0.2, 0.25) is 0 Å². The molecule has 1 saturated carbocycles. The quantitative estimate of drug-likeness (QED) is 0.432. The maximum absolute atomic E-state index is 11.8. The number of carbonyl (C=O) groups is 1. The van der Waals surface area contributed by atoms with Crippen LogP contribution in [-0.4, -0.2) is 33.0 Å². The van der Waals surface area contributed by atoms with E-state index in [0.29, 0.717) is 24.0 Å². The normalized spacial score (nSPS) is 14.3. The molecule has 8 heteroatoms. The Kier molecular flexibility index (Phi) is 4.97. The number of nitrogens with zero attached hydrogens (tertiary/aromatic N) is 3. The Labute approximate surface area is 183 Å². The summed E-state index contributed by atoms with van der Waals surface area (Å²) in [7, 11) is 0. The van der Waals surface area contributed by atoms with E-state index in [2.05, 4.69) is 15.4 Å². The predicted molar refractivity (Wildman–Crippen MR) is 114 cm³/mol. The Bertz CT molecular complexity index is 1240. The molecule has 0 unspecified atom stereocenters. The molecule has 162 valence electrons. The van der Waals surface area contributed by atoms with Gasteiger partial charge in [0, 0.05) is 5.56 Å². The number of rotatable bonds is 7. The van der Waals surface area contributed by atoms with Crippen molar-refractivity contribution in [2.75, 3.05) is 6.61 Å². The van der Waals surface area contributed by atoms with Crippen molar-refractivity contribution in [3.63, 3.8) is 0 Å².